The Morgan fingerprint density at radius 2 is 1.67 bits per heavy atom. The van der Waals surface area contributed by atoms with Gasteiger partial charge in [-0.15, -0.1) is 0 Å². The normalized spacial score (nSPS) is 15.3. The third-order valence-electron chi connectivity index (χ3n) is 3.56. The smallest absolute Gasteiger partial charge is 0.285 e. The molecule has 136 valence electrons. The van der Waals surface area contributed by atoms with Gasteiger partial charge in [-0.1, -0.05) is 52.0 Å². The summed E-state index contributed by atoms with van der Waals surface area (Å²) in [5, 5.41) is 11.8. The number of carbonyl (C=O) groups excluding carboxylic acids is 3. The molecule has 0 unspecified atom stereocenters. The number of carboxylic acid groups (broad SMARTS) is 1. The number of halogens is 1. The number of rotatable bonds is 4. The minimum Gasteiger partial charge on any atom is -0.545 e. The highest BCUT2D eigenvalue weighted by atomic mass is 79.9. The van der Waals surface area contributed by atoms with E-state index in [9.17, 15) is 19.5 Å². The van der Waals surface area contributed by atoms with Gasteiger partial charge in [-0.2, -0.15) is 5.01 Å². The number of carboxylic acids is 1. The van der Waals surface area contributed by atoms with Crippen molar-refractivity contribution in [1.29, 1.82) is 0 Å². The predicted octanol–water partition coefficient (Wildman–Crippen LogP) is 2.36. The molecule has 1 saturated heterocycles. The van der Waals surface area contributed by atoms with Gasteiger partial charge in [-0.05, 0) is 53.7 Å². The second kappa shape index (κ2) is 8.03. The van der Waals surface area contributed by atoms with Crippen molar-refractivity contribution < 1.29 is 19.5 Å². The van der Waals surface area contributed by atoms with Crippen molar-refractivity contribution in [2.24, 2.45) is 0 Å². The third kappa shape index (κ3) is 4.44. The number of nitrogens with zero attached hydrogens (tertiary/aromatic N) is 1. The Morgan fingerprint density at radius 1 is 1.07 bits per heavy atom. The molecule has 2 amide bonds. The summed E-state index contributed by atoms with van der Waals surface area (Å²) < 4.78 is 1.03. The van der Waals surface area contributed by atoms with Crippen LogP contribution in [-0.4, -0.2) is 27.1 Å². The summed E-state index contributed by atoms with van der Waals surface area (Å²) in [6.45, 7) is 0. The van der Waals surface area contributed by atoms with Crippen LogP contribution in [0.3, 0.4) is 0 Å². The molecule has 1 fully saturated rings. The van der Waals surface area contributed by atoms with Gasteiger partial charge in [0, 0.05) is 10.0 Å². The molecule has 0 aliphatic carbocycles. The molecular formula is C18H10BrN2O4S2-. The molecule has 2 aromatic rings. The quantitative estimate of drug-likeness (QED) is 0.555. The maximum atomic E-state index is 12.5. The Bertz CT molecular complexity index is 972. The predicted molar refractivity (Wildman–Crippen MR) is 107 cm³/mol. The first kappa shape index (κ1) is 19.3. The van der Waals surface area contributed by atoms with Crippen LogP contribution in [-0.2, 0) is 4.79 Å². The van der Waals surface area contributed by atoms with E-state index in [1.807, 2.05) is 0 Å². The van der Waals surface area contributed by atoms with Crippen LogP contribution in [0.15, 0.2) is 57.9 Å². The second-order valence-electron chi connectivity index (χ2n) is 5.37. The summed E-state index contributed by atoms with van der Waals surface area (Å²) >= 11 is 9.51. The summed E-state index contributed by atoms with van der Waals surface area (Å²) in [7, 11) is 0. The maximum Gasteiger partial charge on any atom is 0.285 e. The zero-order valence-corrected chi connectivity index (χ0v) is 16.7. The molecule has 27 heavy (non-hydrogen) atoms. The number of thioether (sulfide) groups is 1. The van der Waals surface area contributed by atoms with Gasteiger partial charge in [-0.25, -0.2) is 0 Å². The summed E-state index contributed by atoms with van der Waals surface area (Å²) in [5.41, 5.74) is 3.55. The molecule has 1 heterocycles. The Balaban J connectivity index is 1.75. The van der Waals surface area contributed by atoms with E-state index in [-0.39, 0.29) is 9.88 Å². The first-order valence-electron chi connectivity index (χ1n) is 7.51. The van der Waals surface area contributed by atoms with Crippen LogP contribution in [0.5, 0.6) is 0 Å². The van der Waals surface area contributed by atoms with E-state index in [1.54, 1.807) is 42.5 Å². The highest BCUT2D eigenvalue weighted by Crippen LogP contribution is 2.31. The number of hydrazine groups is 1. The van der Waals surface area contributed by atoms with Gasteiger partial charge >= 0.3 is 0 Å². The Morgan fingerprint density at radius 3 is 2.26 bits per heavy atom. The van der Waals surface area contributed by atoms with Gasteiger partial charge in [0.25, 0.3) is 11.8 Å². The average molecular weight is 462 g/mol. The minimum atomic E-state index is -1.27. The Labute approximate surface area is 172 Å². The third-order valence-corrected chi connectivity index (χ3v) is 5.39. The van der Waals surface area contributed by atoms with Gasteiger partial charge in [-0.3, -0.25) is 15.0 Å². The largest absolute Gasteiger partial charge is 0.545 e. The lowest BCUT2D eigenvalue weighted by molar-refractivity contribution is -0.255. The van der Waals surface area contributed by atoms with Crippen molar-refractivity contribution in [3.8, 4) is 0 Å². The SMILES string of the molecule is O=C([O-])c1ccc(/C=C2\SC(=S)N(NC(=O)c3ccc(Br)cc3)C2=O)cc1. The number of hydrogen-bond acceptors (Lipinski definition) is 6. The van der Waals surface area contributed by atoms with E-state index in [0.29, 0.717) is 16.0 Å². The lowest BCUT2D eigenvalue weighted by Gasteiger charge is -2.15. The van der Waals surface area contributed by atoms with Crippen molar-refractivity contribution in [3.05, 3.63) is 74.6 Å². The number of thiocarbonyl (C=S) groups is 1. The number of nitrogens with one attached hydrogen (secondary N) is 1. The summed E-state index contributed by atoms with van der Waals surface area (Å²) in [6, 6.07) is 12.5. The molecule has 3 rings (SSSR count). The lowest BCUT2D eigenvalue weighted by atomic mass is 10.1. The second-order valence-corrected chi connectivity index (χ2v) is 7.97. The van der Waals surface area contributed by atoms with Gasteiger partial charge in [0.15, 0.2) is 4.32 Å². The molecule has 0 radical (unpaired) electrons. The van der Waals surface area contributed by atoms with Crippen molar-refractivity contribution in [2.45, 2.75) is 0 Å². The van der Waals surface area contributed by atoms with Crippen molar-refractivity contribution in [2.75, 3.05) is 0 Å². The molecule has 9 heteroatoms. The Hall–Kier alpha value is -2.49. The van der Waals surface area contributed by atoms with Crippen LogP contribution in [0, 0.1) is 0 Å². The van der Waals surface area contributed by atoms with Crippen molar-refractivity contribution in [3.63, 3.8) is 0 Å². The van der Waals surface area contributed by atoms with E-state index in [0.717, 1.165) is 21.2 Å². The van der Waals surface area contributed by atoms with Crippen LogP contribution in [0.4, 0.5) is 0 Å². The fourth-order valence-corrected chi connectivity index (χ4v) is 3.64. The molecule has 0 saturated carbocycles. The van der Waals surface area contributed by atoms with Gasteiger partial charge in [0.2, 0.25) is 0 Å². The van der Waals surface area contributed by atoms with Crippen LogP contribution in [0.2, 0.25) is 0 Å². The molecule has 0 spiro atoms. The zero-order valence-electron chi connectivity index (χ0n) is 13.5. The highest BCUT2D eigenvalue weighted by Gasteiger charge is 2.33. The van der Waals surface area contributed by atoms with E-state index in [4.69, 9.17) is 12.2 Å². The highest BCUT2D eigenvalue weighted by molar-refractivity contribution is 9.10. The molecule has 0 bridgehead atoms. The van der Waals surface area contributed by atoms with Crippen molar-refractivity contribution in [1.82, 2.24) is 10.4 Å². The van der Waals surface area contributed by atoms with Crippen LogP contribution in [0.1, 0.15) is 26.3 Å². The molecule has 2 aromatic carbocycles. The minimum absolute atomic E-state index is 0.0430. The van der Waals surface area contributed by atoms with E-state index >= 15 is 0 Å². The van der Waals surface area contributed by atoms with E-state index < -0.39 is 17.8 Å². The molecular weight excluding hydrogens is 452 g/mol. The van der Waals surface area contributed by atoms with E-state index in [1.165, 1.54) is 12.1 Å². The average Bonchev–Trinajstić information content (AvgIpc) is 2.90. The standard InChI is InChI=1S/C18H11BrN2O4S2/c19-13-7-5-11(6-8-13)15(22)20-21-16(23)14(27-18(21)26)9-10-1-3-12(4-2-10)17(24)25/h1-9H,(H,20,22)(H,24,25)/p-1/b14-9-. The van der Waals surface area contributed by atoms with E-state index in [2.05, 4.69) is 21.4 Å². The molecule has 1 aliphatic heterocycles. The van der Waals surface area contributed by atoms with Crippen molar-refractivity contribution >= 4 is 68.1 Å². The lowest BCUT2D eigenvalue weighted by Crippen LogP contribution is -2.44. The number of benzene rings is 2. The first-order chi connectivity index (χ1) is 12.8. The first-order valence-corrected chi connectivity index (χ1v) is 9.53. The molecule has 6 nitrogen and oxygen atoms in total. The van der Waals surface area contributed by atoms with Crippen LogP contribution < -0.4 is 10.5 Å². The molecule has 0 aromatic heterocycles. The number of amides is 2. The van der Waals surface area contributed by atoms with Crippen LogP contribution >= 0.6 is 39.9 Å². The monoisotopic (exact) mass is 461 g/mol. The maximum absolute atomic E-state index is 12.5. The Kier molecular flexibility index (Phi) is 5.73. The molecule has 1 aliphatic rings. The molecule has 0 atom stereocenters. The number of aromatic carboxylic acids is 1. The summed E-state index contributed by atoms with van der Waals surface area (Å²) in [6.07, 6.45) is 1.57. The fraction of sp³-hybridized carbons (Fsp3) is 0. The topological polar surface area (TPSA) is 89.5 Å². The van der Waals surface area contributed by atoms with Gasteiger partial charge < -0.3 is 9.90 Å². The zero-order chi connectivity index (χ0) is 19.6. The van der Waals surface area contributed by atoms with Crippen LogP contribution in [0.25, 0.3) is 6.08 Å². The summed E-state index contributed by atoms with van der Waals surface area (Å²) in [5.74, 6) is -2.19. The fourth-order valence-electron chi connectivity index (χ4n) is 2.20. The molecule has 1 N–H and O–H groups in total. The summed E-state index contributed by atoms with van der Waals surface area (Å²) in [4.78, 5) is 35.9. The number of hydrogen-bond donors (Lipinski definition) is 1. The van der Waals surface area contributed by atoms with Gasteiger partial charge in [0.05, 0.1) is 10.9 Å². The van der Waals surface area contributed by atoms with Gasteiger partial charge in [0.1, 0.15) is 0 Å². The number of carbonyl (C=O) groups is 3.